The van der Waals surface area contributed by atoms with Crippen LogP contribution in [0.1, 0.15) is 15.9 Å². The van der Waals surface area contributed by atoms with Crippen LogP contribution in [0.5, 0.6) is 11.5 Å². The van der Waals surface area contributed by atoms with Crippen LogP contribution in [0.15, 0.2) is 53.4 Å². The number of rotatable bonds is 9. The number of nitrogens with zero attached hydrogens (tertiary/aromatic N) is 2. The second-order valence-electron chi connectivity index (χ2n) is 8.15. The van der Waals surface area contributed by atoms with E-state index in [1.807, 2.05) is 30.3 Å². The highest BCUT2D eigenvalue weighted by Gasteiger charge is 2.34. The van der Waals surface area contributed by atoms with Crippen LogP contribution in [0.2, 0.25) is 0 Å². The molecule has 10 nitrogen and oxygen atoms in total. The topological polar surface area (TPSA) is 114 Å². The van der Waals surface area contributed by atoms with Gasteiger partial charge in [0.1, 0.15) is 0 Å². The van der Waals surface area contributed by atoms with Crippen molar-refractivity contribution in [2.24, 2.45) is 0 Å². The van der Waals surface area contributed by atoms with Crippen molar-refractivity contribution in [3.63, 3.8) is 0 Å². The summed E-state index contributed by atoms with van der Waals surface area (Å²) in [7, 11) is 1.44. The fraction of sp³-hybridized carbons (Fsp3) is 0.308. The predicted molar refractivity (Wildman–Crippen MR) is 137 cm³/mol. The number of ether oxygens (including phenoxy) is 3. The average molecular weight is 526 g/mol. The third kappa shape index (κ3) is 6.69. The van der Waals surface area contributed by atoms with E-state index in [-0.39, 0.29) is 36.7 Å². The molecule has 4 rings (SSSR count). The summed E-state index contributed by atoms with van der Waals surface area (Å²) in [5.41, 5.74) is 1.13. The van der Waals surface area contributed by atoms with E-state index >= 15 is 0 Å². The van der Waals surface area contributed by atoms with Gasteiger partial charge in [0.2, 0.25) is 0 Å². The van der Waals surface area contributed by atoms with E-state index in [1.54, 1.807) is 23.1 Å². The molecular weight excluding hydrogens is 498 g/mol. The van der Waals surface area contributed by atoms with Gasteiger partial charge in [-0.1, -0.05) is 30.3 Å². The summed E-state index contributed by atoms with van der Waals surface area (Å²) in [6.07, 6.45) is 1.67. The number of amides is 4. The minimum Gasteiger partial charge on any atom is -0.493 e. The SMILES string of the molecule is COc1cc(C(=O)NCCN2C(=O)S/C(=C/c3ccccc3)C2=O)ccc1OCC(=O)N1CCOCC1. The monoisotopic (exact) mass is 525 g/mol. The lowest BCUT2D eigenvalue weighted by Crippen LogP contribution is -2.43. The third-order valence-electron chi connectivity index (χ3n) is 5.73. The first-order valence-electron chi connectivity index (χ1n) is 11.7. The van der Waals surface area contributed by atoms with Crippen LogP contribution in [0.4, 0.5) is 4.79 Å². The van der Waals surface area contributed by atoms with Crippen LogP contribution in [0.25, 0.3) is 6.08 Å². The molecule has 2 aromatic carbocycles. The third-order valence-corrected chi connectivity index (χ3v) is 6.64. The van der Waals surface area contributed by atoms with Gasteiger partial charge in [0.05, 0.1) is 25.2 Å². The van der Waals surface area contributed by atoms with E-state index in [0.29, 0.717) is 48.3 Å². The van der Waals surface area contributed by atoms with E-state index in [9.17, 15) is 19.2 Å². The number of nitrogens with one attached hydrogen (secondary N) is 1. The molecule has 1 N–H and O–H groups in total. The molecule has 194 valence electrons. The number of carbonyl (C=O) groups is 4. The molecule has 0 atom stereocenters. The van der Waals surface area contributed by atoms with Gasteiger partial charge in [0.15, 0.2) is 18.1 Å². The van der Waals surface area contributed by atoms with Crippen LogP contribution in [-0.2, 0) is 14.3 Å². The predicted octanol–water partition coefficient (Wildman–Crippen LogP) is 2.40. The quantitative estimate of drug-likeness (QED) is 0.497. The summed E-state index contributed by atoms with van der Waals surface area (Å²) in [5.74, 6) is -0.301. The Bertz CT molecular complexity index is 1200. The summed E-state index contributed by atoms with van der Waals surface area (Å²) < 4.78 is 16.2. The molecule has 2 aromatic rings. The van der Waals surface area contributed by atoms with Crippen LogP contribution < -0.4 is 14.8 Å². The Morgan fingerprint density at radius 2 is 1.84 bits per heavy atom. The van der Waals surface area contributed by atoms with Crippen LogP contribution in [0, 0.1) is 0 Å². The molecule has 0 radical (unpaired) electrons. The van der Waals surface area contributed by atoms with Crippen LogP contribution in [-0.4, -0.2) is 85.9 Å². The number of imide groups is 1. The molecule has 0 unspecified atom stereocenters. The van der Waals surface area contributed by atoms with Gasteiger partial charge in [-0.3, -0.25) is 24.1 Å². The molecule has 4 amide bonds. The highest BCUT2D eigenvalue weighted by molar-refractivity contribution is 8.18. The van der Waals surface area contributed by atoms with Gasteiger partial charge in [-0.25, -0.2) is 0 Å². The standard InChI is InChI=1S/C26H27N3O7S/c1-34-21-16-19(7-8-20(21)36-17-23(30)28-11-13-35-14-12-28)24(31)27-9-10-29-25(32)22(37-26(29)33)15-18-5-3-2-4-6-18/h2-8,15-16H,9-14,17H2,1H3,(H,27,31)/b22-15+. The molecule has 11 heteroatoms. The summed E-state index contributed by atoms with van der Waals surface area (Å²) in [5, 5.41) is 2.33. The number of morpholine rings is 1. The molecule has 2 aliphatic heterocycles. The summed E-state index contributed by atoms with van der Waals surface area (Å²) in [4.78, 5) is 53.0. The molecule has 37 heavy (non-hydrogen) atoms. The van der Waals surface area contributed by atoms with E-state index in [4.69, 9.17) is 14.2 Å². The number of carbonyl (C=O) groups excluding carboxylic acids is 4. The lowest BCUT2D eigenvalue weighted by Gasteiger charge is -2.26. The smallest absolute Gasteiger partial charge is 0.293 e. The maximum absolute atomic E-state index is 12.7. The second-order valence-corrected chi connectivity index (χ2v) is 9.14. The van der Waals surface area contributed by atoms with E-state index in [1.165, 1.54) is 13.2 Å². The van der Waals surface area contributed by atoms with E-state index in [0.717, 1.165) is 22.2 Å². The van der Waals surface area contributed by atoms with E-state index in [2.05, 4.69) is 5.32 Å². The maximum Gasteiger partial charge on any atom is 0.293 e. The Hall–Kier alpha value is -3.83. The largest absolute Gasteiger partial charge is 0.493 e. The maximum atomic E-state index is 12.7. The van der Waals surface area contributed by atoms with Gasteiger partial charge in [-0.15, -0.1) is 0 Å². The van der Waals surface area contributed by atoms with Crippen molar-refractivity contribution in [3.05, 3.63) is 64.6 Å². The fourth-order valence-electron chi connectivity index (χ4n) is 3.75. The van der Waals surface area contributed by atoms with Crippen molar-refractivity contribution in [3.8, 4) is 11.5 Å². The number of hydrogen-bond donors (Lipinski definition) is 1. The Morgan fingerprint density at radius 3 is 2.57 bits per heavy atom. The lowest BCUT2D eigenvalue weighted by atomic mass is 10.2. The Kier molecular flexibility index (Phi) is 8.81. The van der Waals surface area contributed by atoms with Gasteiger partial charge in [0.25, 0.3) is 23.0 Å². The molecule has 0 spiro atoms. The molecule has 0 aliphatic carbocycles. The molecular formula is C26H27N3O7S. The highest BCUT2D eigenvalue weighted by atomic mass is 32.2. The van der Waals surface area contributed by atoms with Crippen molar-refractivity contribution < 1.29 is 33.4 Å². The van der Waals surface area contributed by atoms with Crippen molar-refractivity contribution in [1.82, 2.24) is 15.1 Å². The van der Waals surface area contributed by atoms with Gasteiger partial charge in [-0.05, 0) is 41.6 Å². The first-order valence-corrected chi connectivity index (χ1v) is 12.5. The molecule has 0 aromatic heterocycles. The average Bonchev–Trinajstić information content (AvgIpc) is 3.19. The van der Waals surface area contributed by atoms with Crippen LogP contribution >= 0.6 is 11.8 Å². The number of benzene rings is 2. The molecule has 2 aliphatic rings. The number of thioether (sulfide) groups is 1. The Morgan fingerprint density at radius 1 is 1.08 bits per heavy atom. The molecule has 2 fully saturated rings. The Balaban J connectivity index is 1.29. The molecule has 0 bridgehead atoms. The molecule has 2 saturated heterocycles. The highest BCUT2D eigenvalue weighted by Crippen LogP contribution is 2.32. The summed E-state index contributed by atoms with van der Waals surface area (Å²) in [6.45, 7) is 2.03. The van der Waals surface area contributed by atoms with Crippen molar-refractivity contribution in [1.29, 1.82) is 0 Å². The van der Waals surface area contributed by atoms with E-state index < -0.39 is 5.91 Å². The van der Waals surface area contributed by atoms with Crippen molar-refractivity contribution in [2.45, 2.75) is 0 Å². The lowest BCUT2D eigenvalue weighted by molar-refractivity contribution is -0.137. The summed E-state index contributed by atoms with van der Waals surface area (Å²) in [6, 6.07) is 13.9. The zero-order valence-electron chi connectivity index (χ0n) is 20.3. The summed E-state index contributed by atoms with van der Waals surface area (Å²) >= 11 is 0.876. The van der Waals surface area contributed by atoms with Gasteiger partial charge < -0.3 is 24.4 Å². The number of methoxy groups -OCH3 is 1. The normalized spacial score (nSPS) is 16.7. The van der Waals surface area contributed by atoms with Gasteiger partial charge in [-0.2, -0.15) is 0 Å². The minimum atomic E-state index is -0.402. The fourth-order valence-corrected chi connectivity index (χ4v) is 4.61. The second kappa shape index (κ2) is 12.4. The van der Waals surface area contributed by atoms with Crippen molar-refractivity contribution in [2.75, 3.05) is 53.1 Å². The first kappa shape index (κ1) is 26.2. The first-order chi connectivity index (χ1) is 18.0. The van der Waals surface area contributed by atoms with Gasteiger partial charge in [0, 0.05) is 31.7 Å². The Labute approximate surface area is 218 Å². The minimum absolute atomic E-state index is 0.0461. The zero-order chi connectivity index (χ0) is 26.2. The zero-order valence-corrected chi connectivity index (χ0v) is 21.1. The van der Waals surface area contributed by atoms with Crippen molar-refractivity contribution >= 4 is 40.8 Å². The molecule has 0 saturated carbocycles. The number of hydrogen-bond acceptors (Lipinski definition) is 8. The molecule has 2 heterocycles. The van der Waals surface area contributed by atoms with Gasteiger partial charge >= 0.3 is 0 Å². The van der Waals surface area contributed by atoms with Crippen LogP contribution in [0.3, 0.4) is 0 Å².